The Balaban J connectivity index is 1.88. The van der Waals surface area contributed by atoms with E-state index in [1.165, 1.54) is 11.3 Å². The Labute approximate surface area is 122 Å². The Bertz CT molecular complexity index is 534. The highest BCUT2D eigenvalue weighted by Gasteiger charge is 2.16. The summed E-state index contributed by atoms with van der Waals surface area (Å²) in [4.78, 5) is 12.0. The number of amides is 1. The molecule has 1 aromatic heterocycles. The molecule has 1 aliphatic carbocycles. The number of nitrogens with one attached hydrogen (secondary N) is 1. The van der Waals surface area contributed by atoms with Crippen molar-refractivity contribution in [3.63, 3.8) is 0 Å². The highest BCUT2D eigenvalue weighted by molar-refractivity contribution is 7.15. The van der Waals surface area contributed by atoms with Gasteiger partial charge in [-0.25, -0.2) is 0 Å². The van der Waals surface area contributed by atoms with Crippen molar-refractivity contribution in [3.05, 3.63) is 29.0 Å². The van der Waals surface area contributed by atoms with E-state index in [0.717, 1.165) is 17.2 Å². The lowest BCUT2D eigenvalue weighted by molar-refractivity contribution is -0.116. The summed E-state index contributed by atoms with van der Waals surface area (Å²) < 4.78 is 5.65. The molecule has 1 aliphatic rings. The normalized spacial score (nSPS) is 18.0. The topological polar surface area (TPSA) is 64.1 Å². The van der Waals surface area contributed by atoms with Gasteiger partial charge in [0, 0.05) is 6.42 Å². The number of carbonyl (C=O) groups is 1. The van der Waals surface area contributed by atoms with E-state index in [1.807, 2.05) is 39.0 Å². The van der Waals surface area contributed by atoms with Crippen molar-refractivity contribution in [3.8, 4) is 0 Å². The third-order valence-corrected chi connectivity index (χ3v) is 3.47. The Kier molecular flexibility index (Phi) is 4.89. The second-order valence-electron chi connectivity index (χ2n) is 5.01. The first-order chi connectivity index (χ1) is 9.52. The molecule has 1 N–H and O–H groups in total. The van der Waals surface area contributed by atoms with Crippen LogP contribution < -0.4 is 5.32 Å². The quantitative estimate of drug-likeness (QED) is 0.906. The number of carbonyl (C=O) groups excluding carboxylic acids is 1. The van der Waals surface area contributed by atoms with Gasteiger partial charge < -0.3 is 10.1 Å². The highest BCUT2D eigenvalue weighted by Crippen LogP contribution is 2.22. The van der Waals surface area contributed by atoms with Crippen LogP contribution in [-0.2, 0) is 9.53 Å². The second-order valence-corrected chi connectivity index (χ2v) is 6.19. The SMILES string of the molecule is Cc1nnc(NC(=O)CC2C=C(OC(C)C)C=CC2)s1. The minimum absolute atomic E-state index is 0.0402. The van der Waals surface area contributed by atoms with Gasteiger partial charge in [0.05, 0.1) is 6.10 Å². The molecule has 0 spiro atoms. The maximum Gasteiger partial charge on any atom is 0.226 e. The highest BCUT2D eigenvalue weighted by atomic mass is 32.1. The van der Waals surface area contributed by atoms with Gasteiger partial charge in [0.15, 0.2) is 0 Å². The Morgan fingerprint density at radius 3 is 3.00 bits per heavy atom. The van der Waals surface area contributed by atoms with Gasteiger partial charge >= 0.3 is 0 Å². The molecule has 5 nitrogen and oxygen atoms in total. The number of hydrogen-bond donors (Lipinski definition) is 1. The summed E-state index contributed by atoms with van der Waals surface area (Å²) in [6, 6.07) is 0. The van der Waals surface area contributed by atoms with Gasteiger partial charge in [0.25, 0.3) is 0 Å². The van der Waals surface area contributed by atoms with Crippen molar-refractivity contribution >= 4 is 22.4 Å². The lowest BCUT2D eigenvalue weighted by Gasteiger charge is -2.18. The van der Waals surface area contributed by atoms with Gasteiger partial charge in [-0.1, -0.05) is 17.4 Å². The third kappa shape index (κ3) is 4.45. The molecule has 108 valence electrons. The molecule has 1 atom stereocenters. The van der Waals surface area contributed by atoms with E-state index in [0.29, 0.717) is 11.6 Å². The Morgan fingerprint density at radius 2 is 2.35 bits per heavy atom. The summed E-state index contributed by atoms with van der Waals surface area (Å²) in [6.07, 6.45) is 7.45. The molecule has 2 rings (SSSR count). The Morgan fingerprint density at radius 1 is 1.55 bits per heavy atom. The lowest BCUT2D eigenvalue weighted by Crippen LogP contribution is -2.17. The van der Waals surface area contributed by atoms with Crippen molar-refractivity contribution in [2.45, 2.75) is 39.7 Å². The van der Waals surface area contributed by atoms with Crippen LogP contribution >= 0.6 is 11.3 Å². The fourth-order valence-corrected chi connectivity index (χ4v) is 2.57. The van der Waals surface area contributed by atoms with E-state index in [-0.39, 0.29) is 17.9 Å². The van der Waals surface area contributed by atoms with Gasteiger partial charge in [0.1, 0.15) is 10.8 Å². The van der Waals surface area contributed by atoms with Crippen molar-refractivity contribution in [1.29, 1.82) is 0 Å². The molecule has 0 saturated heterocycles. The fourth-order valence-electron chi connectivity index (χ4n) is 1.96. The molecule has 1 heterocycles. The smallest absolute Gasteiger partial charge is 0.226 e. The number of hydrogen-bond acceptors (Lipinski definition) is 5. The molecule has 0 aliphatic heterocycles. The summed E-state index contributed by atoms with van der Waals surface area (Å²) >= 11 is 1.38. The van der Waals surface area contributed by atoms with Crippen molar-refractivity contribution < 1.29 is 9.53 Å². The zero-order chi connectivity index (χ0) is 14.5. The number of rotatable bonds is 5. The van der Waals surface area contributed by atoms with Gasteiger partial charge in [-0.3, -0.25) is 4.79 Å². The van der Waals surface area contributed by atoms with Crippen LogP contribution in [0.3, 0.4) is 0 Å². The molecule has 0 fully saturated rings. The van der Waals surface area contributed by atoms with Gasteiger partial charge in [-0.05, 0) is 45.3 Å². The number of ether oxygens (including phenoxy) is 1. The first-order valence-electron chi connectivity index (χ1n) is 6.68. The molecule has 6 heteroatoms. The van der Waals surface area contributed by atoms with Crippen LogP contribution in [0.15, 0.2) is 24.0 Å². The minimum atomic E-state index is -0.0402. The molecular formula is C14H19N3O2S. The van der Waals surface area contributed by atoms with E-state index in [9.17, 15) is 4.79 Å². The molecule has 1 unspecified atom stereocenters. The van der Waals surface area contributed by atoms with Crippen molar-refractivity contribution in [1.82, 2.24) is 10.2 Å². The van der Waals surface area contributed by atoms with E-state index in [1.54, 1.807) is 0 Å². The van der Waals surface area contributed by atoms with Crippen molar-refractivity contribution in [2.24, 2.45) is 5.92 Å². The fraction of sp³-hybridized carbons (Fsp3) is 0.500. The molecule has 0 bridgehead atoms. The van der Waals surface area contributed by atoms with Crippen LogP contribution in [0.1, 0.15) is 31.7 Å². The lowest BCUT2D eigenvalue weighted by atomic mass is 9.96. The number of aromatic nitrogens is 2. The predicted octanol–water partition coefficient (Wildman–Crippen LogP) is 3.06. The molecule has 0 saturated carbocycles. The zero-order valence-corrected chi connectivity index (χ0v) is 12.7. The Hall–Kier alpha value is -1.69. The van der Waals surface area contributed by atoms with E-state index in [4.69, 9.17) is 4.74 Å². The van der Waals surface area contributed by atoms with Crippen LogP contribution in [-0.4, -0.2) is 22.2 Å². The van der Waals surface area contributed by atoms with Gasteiger partial charge in [-0.2, -0.15) is 0 Å². The summed E-state index contributed by atoms with van der Waals surface area (Å²) in [5.41, 5.74) is 0. The standard InChI is InChI=1S/C14H19N3O2S/c1-9(2)19-12-6-4-5-11(7-12)8-13(18)15-14-17-16-10(3)20-14/h4,6-7,9,11H,5,8H2,1-3H3,(H,15,17,18). The van der Waals surface area contributed by atoms with Gasteiger partial charge in [-0.15, -0.1) is 10.2 Å². The molecular weight excluding hydrogens is 274 g/mol. The van der Waals surface area contributed by atoms with E-state index in [2.05, 4.69) is 15.5 Å². The average molecular weight is 293 g/mol. The summed E-state index contributed by atoms with van der Waals surface area (Å²) in [5.74, 6) is 0.972. The number of aryl methyl sites for hydroxylation is 1. The molecule has 20 heavy (non-hydrogen) atoms. The van der Waals surface area contributed by atoms with E-state index >= 15 is 0 Å². The molecule has 1 aromatic rings. The zero-order valence-electron chi connectivity index (χ0n) is 11.9. The third-order valence-electron chi connectivity index (χ3n) is 2.71. The number of allylic oxidation sites excluding steroid dienone is 3. The van der Waals surface area contributed by atoms with Crippen LogP contribution in [0.4, 0.5) is 5.13 Å². The van der Waals surface area contributed by atoms with Crippen LogP contribution in [0, 0.1) is 12.8 Å². The first-order valence-corrected chi connectivity index (χ1v) is 7.49. The summed E-state index contributed by atoms with van der Waals surface area (Å²) in [7, 11) is 0. The van der Waals surface area contributed by atoms with Crippen LogP contribution in [0.5, 0.6) is 0 Å². The molecule has 0 aromatic carbocycles. The van der Waals surface area contributed by atoms with Crippen LogP contribution in [0.2, 0.25) is 0 Å². The number of anilines is 1. The minimum Gasteiger partial charge on any atom is -0.491 e. The van der Waals surface area contributed by atoms with Crippen LogP contribution in [0.25, 0.3) is 0 Å². The summed E-state index contributed by atoms with van der Waals surface area (Å²) in [5, 5.41) is 11.9. The van der Waals surface area contributed by atoms with Gasteiger partial charge in [0.2, 0.25) is 11.0 Å². The number of nitrogens with zero attached hydrogens (tertiary/aromatic N) is 2. The maximum absolute atomic E-state index is 12.0. The first kappa shape index (κ1) is 14.7. The maximum atomic E-state index is 12.0. The monoisotopic (exact) mass is 293 g/mol. The van der Waals surface area contributed by atoms with Crippen molar-refractivity contribution in [2.75, 3.05) is 5.32 Å². The predicted molar refractivity (Wildman–Crippen MR) is 79.4 cm³/mol. The largest absolute Gasteiger partial charge is 0.491 e. The second kappa shape index (κ2) is 6.65. The molecule has 1 amide bonds. The van der Waals surface area contributed by atoms with E-state index < -0.39 is 0 Å². The summed E-state index contributed by atoms with van der Waals surface area (Å²) in [6.45, 7) is 5.84. The average Bonchev–Trinajstić information content (AvgIpc) is 2.74. The molecule has 0 radical (unpaired) electrons.